The summed E-state index contributed by atoms with van der Waals surface area (Å²) in [4.78, 5) is 10.9. The number of carboxylic acids is 1. The number of carbonyl (C=O) groups is 1. The fraction of sp³-hybridized carbons (Fsp3) is 0. The normalized spacial score (nSPS) is 10.5. The molecule has 0 unspecified atom stereocenters. The average molecular weight is 357 g/mol. The van der Waals surface area contributed by atoms with Crippen LogP contribution >= 0.6 is 0 Å². The maximum atomic E-state index is 10.9. The van der Waals surface area contributed by atoms with Gasteiger partial charge in [-0.2, -0.15) is 0 Å². The molecule has 0 saturated carbocycles. The average Bonchev–Trinajstić information content (AvgIpc) is 3.20. The van der Waals surface area contributed by atoms with Crippen LogP contribution < -0.4 is 4.74 Å². The Hall–Kier alpha value is -3.93. The second-order valence-corrected chi connectivity index (χ2v) is 5.84. The minimum atomic E-state index is -0.956. The van der Waals surface area contributed by atoms with Crippen molar-refractivity contribution >= 4 is 5.97 Å². The van der Waals surface area contributed by atoms with Crippen LogP contribution in [0.1, 0.15) is 10.4 Å². The van der Waals surface area contributed by atoms with Gasteiger partial charge in [-0.1, -0.05) is 35.5 Å². The first kappa shape index (κ1) is 16.5. The summed E-state index contributed by atoms with van der Waals surface area (Å²) in [5.74, 6) is 0.552. The number of benzene rings is 3. The van der Waals surface area contributed by atoms with Gasteiger partial charge in [0.2, 0.25) is 0 Å². The van der Waals surface area contributed by atoms with Gasteiger partial charge in [-0.05, 0) is 48.5 Å². The summed E-state index contributed by atoms with van der Waals surface area (Å²) in [5.41, 5.74) is 2.54. The second kappa shape index (κ2) is 7.13. The van der Waals surface area contributed by atoms with Gasteiger partial charge in [0.15, 0.2) is 0 Å². The lowest BCUT2D eigenvalue weighted by molar-refractivity contribution is 0.0697. The Balaban J connectivity index is 1.52. The molecule has 0 saturated heterocycles. The lowest BCUT2D eigenvalue weighted by Gasteiger charge is -2.06. The van der Waals surface area contributed by atoms with Crippen molar-refractivity contribution in [3.63, 3.8) is 0 Å². The summed E-state index contributed by atoms with van der Waals surface area (Å²) in [6, 6.07) is 23.6. The van der Waals surface area contributed by atoms with Crippen molar-refractivity contribution < 1.29 is 14.6 Å². The van der Waals surface area contributed by atoms with Gasteiger partial charge < -0.3 is 9.84 Å². The molecule has 4 rings (SSSR count). The summed E-state index contributed by atoms with van der Waals surface area (Å²) in [7, 11) is 0. The molecule has 0 spiro atoms. The highest BCUT2D eigenvalue weighted by molar-refractivity contribution is 5.88. The number of rotatable bonds is 5. The van der Waals surface area contributed by atoms with E-state index in [2.05, 4.69) is 10.3 Å². The fourth-order valence-corrected chi connectivity index (χ4v) is 2.60. The number of hydrogen-bond donors (Lipinski definition) is 1. The van der Waals surface area contributed by atoms with Crippen LogP contribution in [0.5, 0.6) is 11.5 Å². The Morgan fingerprint density at radius 2 is 1.52 bits per heavy atom. The Bertz CT molecular complexity index is 1060. The van der Waals surface area contributed by atoms with Gasteiger partial charge in [0.1, 0.15) is 17.2 Å². The monoisotopic (exact) mass is 357 g/mol. The standard InChI is InChI=1S/C21H15N3O3/c25-21(26)16-8-6-15(7-9-16)20-14-24(23-22-20)17-10-12-19(13-11-17)27-18-4-2-1-3-5-18/h1-14H,(H,25,26). The van der Waals surface area contributed by atoms with E-state index in [1.165, 1.54) is 0 Å². The molecule has 27 heavy (non-hydrogen) atoms. The topological polar surface area (TPSA) is 77.2 Å². The van der Waals surface area contributed by atoms with E-state index < -0.39 is 5.97 Å². The van der Waals surface area contributed by atoms with Crippen LogP contribution in [0.3, 0.4) is 0 Å². The molecule has 0 atom stereocenters. The molecule has 0 amide bonds. The maximum absolute atomic E-state index is 10.9. The summed E-state index contributed by atoms with van der Waals surface area (Å²) in [5, 5.41) is 17.3. The highest BCUT2D eigenvalue weighted by atomic mass is 16.5. The Morgan fingerprint density at radius 1 is 0.852 bits per heavy atom. The van der Waals surface area contributed by atoms with Crippen LogP contribution in [0.4, 0.5) is 0 Å². The van der Waals surface area contributed by atoms with Crippen molar-refractivity contribution in [1.82, 2.24) is 15.0 Å². The summed E-state index contributed by atoms with van der Waals surface area (Å²) in [6.45, 7) is 0. The largest absolute Gasteiger partial charge is 0.478 e. The molecular weight excluding hydrogens is 342 g/mol. The number of carboxylic acid groups (broad SMARTS) is 1. The van der Waals surface area contributed by atoms with E-state index in [0.717, 1.165) is 22.7 Å². The van der Waals surface area contributed by atoms with Crippen molar-refractivity contribution in [2.45, 2.75) is 0 Å². The van der Waals surface area contributed by atoms with Crippen LogP contribution in [-0.4, -0.2) is 26.1 Å². The third kappa shape index (κ3) is 3.69. The third-order valence-electron chi connectivity index (χ3n) is 4.00. The van der Waals surface area contributed by atoms with Gasteiger partial charge in [0, 0.05) is 5.56 Å². The van der Waals surface area contributed by atoms with Crippen LogP contribution in [0, 0.1) is 0 Å². The number of para-hydroxylation sites is 1. The number of hydrogen-bond acceptors (Lipinski definition) is 4. The summed E-state index contributed by atoms with van der Waals surface area (Å²) < 4.78 is 7.44. The van der Waals surface area contributed by atoms with Crippen molar-refractivity contribution in [2.24, 2.45) is 0 Å². The summed E-state index contributed by atoms with van der Waals surface area (Å²) in [6.07, 6.45) is 1.79. The molecule has 0 aliphatic rings. The zero-order valence-corrected chi connectivity index (χ0v) is 14.2. The highest BCUT2D eigenvalue weighted by Gasteiger charge is 2.08. The smallest absolute Gasteiger partial charge is 0.335 e. The number of aromatic nitrogens is 3. The second-order valence-electron chi connectivity index (χ2n) is 5.84. The molecule has 0 radical (unpaired) electrons. The van der Waals surface area contributed by atoms with Crippen molar-refractivity contribution in [3.05, 3.63) is 90.6 Å². The Kier molecular flexibility index (Phi) is 4.37. The van der Waals surface area contributed by atoms with Crippen molar-refractivity contribution in [3.8, 4) is 28.4 Å². The van der Waals surface area contributed by atoms with Crippen molar-refractivity contribution in [2.75, 3.05) is 0 Å². The van der Waals surface area contributed by atoms with E-state index in [4.69, 9.17) is 9.84 Å². The van der Waals surface area contributed by atoms with E-state index >= 15 is 0 Å². The van der Waals surface area contributed by atoms with E-state index in [9.17, 15) is 4.79 Å². The van der Waals surface area contributed by atoms with E-state index in [1.807, 2.05) is 54.6 Å². The van der Waals surface area contributed by atoms with Crippen LogP contribution in [0.2, 0.25) is 0 Å². The zero-order valence-electron chi connectivity index (χ0n) is 14.2. The molecule has 1 heterocycles. The van der Waals surface area contributed by atoms with Crippen LogP contribution in [0.15, 0.2) is 85.1 Å². The molecule has 4 aromatic rings. The van der Waals surface area contributed by atoms with Gasteiger partial charge >= 0.3 is 5.97 Å². The first-order valence-corrected chi connectivity index (χ1v) is 8.28. The van der Waals surface area contributed by atoms with E-state index in [-0.39, 0.29) is 5.56 Å². The van der Waals surface area contributed by atoms with Crippen LogP contribution in [-0.2, 0) is 0 Å². The molecule has 3 aromatic carbocycles. The van der Waals surface area contributed by atoms with Gasteiger partial charge in [0.05, 0.1) is 17.4 Å². The van der Waals surface area contributed by atoms with Gasteiger partial charge in [0.25, 0.3) is 0 Å². The lowest BCUT2D eigenvalue weighted by atomic mass is 10.1. The minimum absolute atomic E-state index is 0.236. The summed E-state index contributed by atoms with van der Waals surface area (Å²) >= 11 is 0. The first-order chi connectivity index (χ1) is 13.2. The number of ether oxygens (including phenoxy) is 1. The quantitative estimate of drug-likeness (QED) is 0.572. The molecule has 0 aliphatic heterocycles. The predicted octanol–water partition coefficient (Wildman–Crippen LogP) is 4.42. The maximum Gasteiger partial charge on any atom is 0.335 e. The molecule has 0 fully saturated rings. The van der Waals surface area contributed by atoms with Crippen LogP contribution in [0.25, 0.3) is 16.9 Å². The SMILES string of the molecule is O=C(O)c1ccc(-c2cn(-c3ccc(Oc4ccccc4)cc3)nn2)cc1. The number of nitrogens with zero attached hydrogens (tertiary/aromatic N) is 3. The first-order valence-electron chi connectivity index (χ1n) is 8.28. The van der Waals surface area contributed by atoms with Gasteiger partial charge in [-0.25, -0.2) is 9.48 Å². The van der Waals surface area contributed by atoms with E-state index in [0.29, 0.717) is 5.69 Å². The molecule has 1 N–H and O–H groups in total. The van der Waals surface area contributed by atoms with E-state index in [1.54, 1.807) is 35.1 Å². The molecule has 1 aromatic heterocycles. The van der Waals surface area contributed by atoms with Gasteiger partial charge in [-0.15, -0.1) is 5.10 Å². The minimum Gasteiger partial charge on any atom is -0.478 e. The predicted molar refractivity (Wildman–Crippen MR) is 100 cm³/mol. The molecule has 0 bridgehead atoms. The van der Waals surface area contributed by atoms with Gasteiger partial charge in [-0.3, -0.25) is 0 Å². The molecule has 6 heteroatoms. The Labute approximate surface area is 155 Å². The molecule has 132 valence electrons. The number of aromatic carboxylic acids is 1. The molecule has 6 nitrogen and oxygen atoms in total. The fourth-order valence-electron chi connectivity index (χ4n) is 2.60. The van der Waals surface area contributed by atoms with Crippen molar-refractivity contribution in [1.29, 1.82) is 0 Å². The Morgan fingerprint density at radius 3 is 2.19 bits per heavy atom. The molecule has 0 aliphatic carbocycles. The molecular formula is C21H15N3O3. The zero-order chi connectivity index (χ0) is 18.6. The lowest BCUT2D eigenvalue weighted by Crippen LogP contribution is -1.95. The third-order valence-corrected chi connectivity index (χ3v) is 4.00. The highest BCUT2D eigenvalue weighted by Crippen LogP contribution is 2.23.